The number of benzene rings is 1. The largest absolute Gasteiger partial charge is 0.463 e. The molecule has 1 aromatic carbocycles. The van der Waals surface area contributed by atoms with E-state index in [0.29, 0.717) is 24.9 Å². The van der Waals surface area contributed by atoms with Gasteiger partial charge in [0, 0.05) is 43.5 Å². The number of nitrogen functional groups attached to an aromatic ring is 1. The molecule has 4 rings (SSSR count). The van der Waals surface area contributed by atoms with Crippen LogP contribution in [0.5, 0.6) is 6.01 Å². The number of nitrogens with zero attached hydrogens (tertiary/aromatic N) is 4. The van der Waals surface area contributed by atoms with Crippen LogP contribution >= 0.6 is 0 Å². The molecule has 31 heavy (non-hydrogen) atoms. The molecule has 164 valence electrons. The van der Waals surface area contributed by atoms with E-state index in [0.717, 1.165) is 66.6 Å². The predicted octanol–water partition coefficient (Wildman–Crippen LogP) is 2.63. The van der Waals surface area contributed by atoms with E-state index in [4.69, 9.17) is 10.5 Å². The standard InChI is InChI=1S/C23H30N6O2/c1-3-4-11-31-23-26-20-17(13-25-21(20)22(24)27-23)12-16-5-7-18(8-6-16)29-10-9-28(2)14-19(29)15-30/h5-8,13,15,19,25H,3-4,9-12,14H2,1-2H3,(H2,24,26,27). The van der Waals surface area contributed by atoms with Gasteiger partial charge in [-0.3, -0.25) is 0 Å². The van der Waals surface area contributed by atoms with E-state index in [9.17, 15) is 4.79 Å². The van der Waals surface area contributed by atoms with Crippen molar-refractivity contribution in [3.8, 4) is 6.01 Å². The maximum absolute atomic E-state index is 11.5. The van der Waals surface area contributed by atoms with Crippen LogP contribution in [0.2, 0.25) is 0 Å². The Labute approximate surface area is 182 Å². The second-order valence-electron chi connectivity index (χ2n) is 8.13. The van der Waals surface area contributed by atoms with Gasteiger partial charge in [-0.05, 0) is 31.2 Å². The molecule has 1 unspecified atom stereocenters. The molecule has 0 radical (unpaired) electrons. The number of carbonyl (C=O) groups excluding carboxylic acids is 1. The van der Waals surface area contributed by atoms with E-state index in [1.165, 1.54) is 0 Å². The van der Waals surface area contributed by atoms with Gasteiger partial charge in [0.25, 0.3) is 0 Å². The molecule has 1 aliphatic heterocycles. The molecular formula is C23H30N6O2. The lowest BCUT2D eigenvalue weighted by atomic mass is 10.1. The lowest BCUT2D eigenvalue weighted by molar-refractivity contribution is -0.109. The van der Waals surface area contributed by atoms with Crippen molar-refractivity contribution in [3.63, 3.8) is 0 Å². The Balaban J connectivity index is 1.52. The van der Waals surface area contributed by atoms with Crippen molar-refractivity contribution in [2.75, 3.05) is 43.9 Å². The van der Waals surface area contributed by atoms with Crippen molar-refractivity contribution in [1.82, 2.24) is 19.9 Å². The summed E-state index contributed by atoms with van der Waals surface area (Å²) in [6, 6.07) is 8.62. The lowest BCUT2D eigenvalue weighted by Gasteiger charge is -2.38. The van der Waals surface area contributed by atoms with Crippen molar-refractivity contribution in [1.29, 1.82) is 0 Å². The summed E-state index contributed by atoms with van der Waals surface area (Å²) in [4.78, 5) is 27.9. The number of anilines is 2. The normalized spacial score (nSPS) is 17.2. The molecular weight excluding hydrogens is 392 g/mol. The Morgan fingerprint density at radius 1 is 1.26 bits per heavy atom. The SMILES string of the molecule is CCCCOc1nc(N)c2[nH]cc(Cc3ccc(N4CCN(C)CC4C=O)cc3)c2n1. The molecule has 0 aliphatic carbocycles. The summed E-state index contributed by atoms with van der Waals surface area (Å²) < 4.78 is 5.67. The van der Waals surface area contributed by atoms with Crippen LogP contribution in [0.3, 0.4) is 0 Å². The molecule has 2 aromatic heterocycles. The molecule has 1 atom stereocenters. The Morgan fingerprint density at radius 3 is 2.81 bits per heavy atom. The molecule has 1 fully saturated rings. The van der Waals surface area contributed by atoms with Gasteiger partial charge in [0.15, 0.2) is 5.82 Å². The van der Waals surface area contributed by atoms with Gasteiger partial charge >= 0.3 is 6.01 Å². The van der Waals surface area contributed by atoms with Crippen LogP contribution < -0.4 is 15.4 Å². The van der Waals surface area contributed by atoms with E-state index < -0.39 is 0 Å². The van der Waals surface area contributed by atoms with Crippen LogP contribution in [0.1, 0.15) is 30.9 Å². The third-order valence-electron chi connectivity index (χ3n) is 5.78. The van der Waals surface area contributed by atoms with E-state index in [2.05, 4.69) is 63.0 Å². The first-order chi connectivity index (χ1) is 15.1. The summed E-state index contributed by atoms with van der Waals surface area (Å²) in [6.45, 7) is 5.24. The first-order valence-corrected chi connectivity index (χ1v) is 10.8. The number of likely N-dealkylation sites (N-methyl/N-ethyl adjacent to an activating group) is 1. The highest BCUT2D eigenvalue weighted by atomic mass is 16.5. The number of carbonyl (C=O) groups is 1. The van der Waals surface area contributed by atoms with Gasteiger partial charge in [-0.1, -0.05) is 25.5 Å². The molecule has 0 saturated carbocycles. The average Bonchev–Trinajstić information content (AvgIpc) is 3.18. The van der Waals surface area contributed by atoms with Gasteiger partial charge in [0.2, 0.25) is 0 Å². The summed E-state index contributed by atoms with van der Waals surface area (Å²) in [7, 11) is 2.05. The van der Waals surface area contributed by atoms with Crippen LogP contribution in [0.25, 0.3) is 11.0 Å². The summed E-state index contributed by atoms with van der Waals surface area (Å²) in [5.74, 6) is 0.396. The van der Waals surface area contributed by atoms with Crippen molar-refractivity contribution >= 4 is 28.8 Å². The highest BCUT2D eigenvalue weighted by Crippen LogP contribution is 2.26. The number of aldehydes is 1. The molecule has 0 amide bonds. The van der Waals surface area contributed by atoms with Crippen LogP contribution in [0, 0.1) is 0 Å². The first kappa shape index (κ1) is 21.1. The van der Waals surface area contributed by atoms with Crippen LogP contribution in [0.4, 0.5) is 11.5 Å². The highest BCUT2D eigenvalue weighted by molar-refractivity contribution is 5.87. The van der Waals surface area contributed by atoms with Gasteiger partial charge in [-0.25, -0.2) is 0 Å². The zero-order valence-corrected chi connectivity index (χ0v) is 18.2. The molecule has 8 nitrogen and oxygen atoms in total. The van der Waals surface area contributed by atoms with Crippen molar-refractivity contribution < 1.29 is 9.53 Å². The average molecular weight is 423 g/mol. The van der Waals surface area contributed by atoms with E-state index >= 15 is 0 Å². The second-order valence-corrected chi connectivity index (χ2v) is 8.13. The molecule has 3 heterocycles. The minimum absolute atomic E-state index is 0.107. The fourth-order valence-electron chi connectivity index (χ4n) is 3.98. The number of aromatic amines is 1. The number of rotatable bonds is 8. The molecule has 1 aliphatic rings. The second kappa shape index (κ2) is 9.34. The third kappa shape index (κ3) is 4.64. The summed E-state index contributed by atoms with van der Waals surface area (Å²) in [5, 5.41) is 0. The molecule has 1 saturated heterocycles. The molecule has 3 aromatic rings. The molecule has 0 spiro atoms. The maximum Gasteiger partial charge on any atom is 0.319 e. The Bertz CT molecular complexity index is 1030. The first-order valence-electron chi connectivity index (χ1n) is 10.8. The minimum atomic E-state index is -0.107. The van der Waals surface area contributed by atoms with E-state index in [-0.39, 0.29) is 6.04 Å². The number of fused-ring (bicyclic) bond motifs is 1. The van der Waals surface area contributed by atoms with Gasteiger partial charge < -0.3 is 30.0 Å². The molecule has 3 N–H and O–H groups in total. The summed E-state index contributed by atoms with van der Waals surface area (Å²) >= 11 is 0. The van der Waals surface area contributed by atoms with Crippen molar-refractivity contribution in [3.05, 3.63) is 41.6 Å². The Morgan fingerprint density at radius 2 is 2.06 bits per heavy atom. The fourth-order valence-corrected chi connectivity index (χ4v) is 3.98. The maximum atomic E-state index is 11.5. The number of ether oxygens (including phenoxy) is 1. The quantitative estimate of drug-likeness (QED) is 0.425. The number of H-pyrrole nitrogens is 1. The zero-order chi connectivity index (χ0) is 21.8. The predicted molar refractivity (Wildman–Crippen MR) is 123 cm³/mol. The number of piperazine rings is 1. The number of nitrogens with two attached hydrogens (primary N) is 1. The van der Waals surface area contributed by atoms with Gasteiger partial charge in [0.1, 0.15) is 17.3 Å². The van der Waals surface area contributed by atoms with Crippen molar-refractivity contribution in [2.45, 2.75) is 32.2 Å². The summed E-state index contributed by atoms with van der Waals surface area (Å²) in [6.07, 6.45) is 5.68. The molecule has 0 bridgehead atoms. The van der Waals surface area contributed by atoms with Crippen LogP contribution in [-0.2, 0) is 11.2 Å². The van der Waals surface area contributed by atoms with E-state index in [1.807, 2.05) is 6.20 Å². The summed E-state index contributed by atoms with van der Waals surface area (Å²) in [5.41, 5.74) is 10.9. The van der Waals surface area contributed by atoms with E-state index in [1.54, 1.807) is 0 Å². The van der Waals surface area contributed by atoms with Gasteiger partial charge in [0.05, 0.1) is 12.6 Å². The van der Waals surface area contributed by atoms with Crippen LogP contribution in [-0.4, -0.2) is 65.5 Å². The smallest absolute Gasteiger partial charge is 0.319 e. The highest BCUT2D eigenvalue weighted by Gasteiger charge is 2.24. The number of nitrogens with one attached hydrogen (secondary N) is 1. The molecule has 8 heteroatoms. The third-order valence-corrected chi connectivity index (χ3v) is 5.78. The number of aromatic nitrogens is 3. The zero-order valence-electron chi connectivity index (χ0n) is 18.2. The topological polar surface area (TPSA) is 100 Å². The monoisotopic (exact) mass is 422 g/mol. The number of hydrogen-bond donors (Lipinski definition) is 2. The van der Waals surface area contributed by atoms with Crippen molar-refractivity contribution in [2.24, 2.45) is 0 Å². The van der Waals surface area contributed by atoms with Crippen LogP contribution in [0.15, 0.2) is 30.5 Å². The van der Waals surface area contributed by atoms with Gasteiger partial charge in [-0.15, -0.1) is 0 Å². The number of hydrogen-bond acceptors (Lipinski definition) is 7. The fraction of sp³-hybridized carbons (Fsp3) is 0.435. The van der Waals surface area contributed by atoms with Gasteiger partial charge in [-0.2, -0.15) is 9.97 Å². The number of unbranched alkanes of at least 4 members (excludes halogenated alkanes) is 1. The Kier molecular flexibility index (Phi) is 6.36. The Hall–Kier alpha value is -3.13. The lowest BCUT2D eigenvalue weighted by Crippen LogP contribution is -2.52. The minimum Gasteiger partial charge on any atom is -0.463 e.